The van der Waals surface area contributed by atoms with Crippen LogP contribution < -0.4 is 0 Å². The Labute approximate surface area is 117 Å². The monoisotopic (exact) mass is 292 g/mol. The Morgan fingerprint density at radius 2 is 1.80 bits per heavy atom. The maximum Gasteiger partial charge on any atom is 0.0322 e. The van der Waals surface area contributed by atoms with Crippen molar-refractivity contribution in [1.29, 1.82) is 0 Å². The average molecular weight is 293 g/mol. The van der Waals surface area contributed by atoms with E-state index >= 15 is 0 Å². The summed E-state index contributed by atoms with van der Waals surface area (Å²) in [6.45, 7) is 0. The van der Waals surface area contributed by atoms with Gasteiger partial charge >= 0.3 is 0 Å². The van der Waals surface area contributed by atoms with Gasteiger partial charge in [-0.15, -0.1) is 50.5 Å². The van der Waals surface area contributed by atoms with Gasteiger partial charge in [0, 0.05) is 24.8 Å². The summed E-state index contributed by atoms with van der Waals surface area (Å²) in [6, 6.07) is 2.08. The molecule has 1 heterocycles. The van der Waals surface area contributed by atoms with E-state index in [1.165, 1.54) is 24.2 Å². The summed E-state index contributed by atoms with van der Waals surface area (Å²) in [5.74, 6) is 1.24. The zero-order valence-electron chi connectivity index (χ0n) is 7.97. The van der Waals surface area contributed by atoms with E-state index in [1.54, 1.807) is 0 Å². The SMILES string of the molecule is Sc1cc(C2CCCS2)c(S)c(S)c1S. The van der Waals surface area contributed by atoms with E-state index < -0.39 is 0 Å². The first-order valence-corrected chi connectivity index (χ1v) is 7.53. The molecule has 0 nitrogen and oxygen atoms in total. The van der Waals surface area contributed by atoms with Gasteiger partial charge < -0.3 is 0 Å². The molecule has 15 heavy (non-hydrogen) atoms. The average Bonchev–Trinajstić information content (AvgIpc) is 2.73. The van der Waals surface area contributed by atoms with Crippen LogP contribution in [0.5, 0.6) is 0 Å². The molecular weight excluding hydrogens is 280 g/mol. The molecule has 1 aromatic rings. The molecule has 0 aliphatic carbocycles. The topological polar surface area (TPSA) is 0 Å². The van der Waals surface area contributed by atoms with Gasteiger partial charge in [-0.2, -0.15) is 11.8 Å². The molecule has 1 fully saturated rings. The number of hydrogen-bond acceptors (Lipinski definition) is 5. The predicted octanol–water partition coefficient (Wildman–Crippen LogP) is 4.41. The molecule has 0 spiro atoms. The quantitative estimate of drug-likeness (QED) is 0.556. The van der Waals surface area contributed by atoms with E-state index in [4.69, 9.17) is 0 Å². The lowest BCUT2D eigenvalue weighted by Crippen LogP contribution is -1.93. The molecule has 2 rings (SSSR count). The van der Waals surface area contributed by atoms with Crippen molar-refractivity contribution in [3.63, 3.8) is 0 Å². The molecule has 0 N–H and O–H groups in total. The Kier molecular flexibility index (Phi) is 4.21. The highest BCUT2D eigenvalue weighted by Gasteiger charge is 2.22. The lowest BCUT2D eigenvalue weighted by Gasteiger charge is -2.16. The Morgan fingerprint density at radius 1 is 1.07 bits per heavy atom. The molecule has 1 atom stereocenters. The second-order valence-corrected chi connectivity index (χ2v) is 6.67. The summed E-state index contributed by atoms with van der Waals surface area (Å²) >= 11 is 19.7. The van der Waals surface area contributed by atoms with Crippen molar-refractivity contribution < 1.29 is 0 Å². The van der Waals surface area contributed by atoms with Crippen LogP contribution in [0.1, 0.15) is 23.7 Å². The molecule has 1 saturated heterocycles. The van der Waals surface area contributed by atoms with Crippen LogP contribution in [-0.4, -0.2) is 5.75 Å². The maximum atomic E-state index is 4.53. The minimum atomic E-state index is 0.559. The van der Waals surface area contributed by atoms with Gasteiger partial charge in [-0.05, 0) is 30.2 Å². The van der Waals surface area contributed by atoms with Crippen molar-refractivity contribution in [2.45, 2.75) is 37.7 Å². The largest absolute Gasteiger partial charge is 0.154 e. The van der Waals surface area contributed by atoms with Crippen LogP contribution in [0.15, 0.2) is 25.6 Å². The molecule has 1 aliphatic rings. The van der Waals surface area contributed by atoms with Crippen LogP contribution in [0, 0.1) is 0 Å². The predicted molar refractivity (Wildman–Crippen MR) is 79.9 cm³/mol. The van der Waals surface area contributed by atoms with Gasteiger partial charge in [-0.1, -0.05) is 0 Å². The van der Waals surface area contributed by atoms with E-state index in [9.17, 15) is 0 Å². The summed E-state index contributed by atoms with van der Waals surface area (Å²) in [6.07, 6.45) is 2.51. The fourth-order valence-electron chi connectivity index (χ4n) is 1.72. The van der Waals surface area contributed by atoms with Crippen molar-refractivity contribution in [3.05, 3.63) is 11.6 Å². The van der Waals surface area contributed by atoms with Gasteiger partial charge in [0.15, 0.2) is 0 Å². The zero-order chi connectivity index (χ0) is 11.0. The normalized spacial score (nSPS) is 20.9. The van der Waals surface area contributed by atoms with E-state index in [-0.39, 0.29) is 0 Å². The highest BCUT2D eigenvalue weighted by molar-refractivity contribution is 7.99. The van der Waals surface area contributed by atoms with Crippen molar-refractivity contribution in [2.75, 3.05) is 5.75 Å². The number of thioether (sulfide) groups is 1. The molecule has 82 valence electrons. The zero-order valence-corrected chi connectivity index (χ0v) is 12.4. The first kappa shape index (κ1) is 12.4. The van der Waals surface area contributed by atoms with Crippen molar-refractivity contribution in [1.82, 2.24) is 0 Å². The number of hydrogen-bond donors (Lipinski definition) is 4. The van der Waals surface area contributed by atoms with Crippen LogP contribution in [0.2, 0.25) is 0 Å². The second kappa shape index (κ2) is 5.08. The minimum absolute atomic E-state index is 0.559. The van der Waals surface area contributed by atoms with Crippen molar-refractivity contribution in [2.24, 2.45) is 0 Å². The molecule has 0 radical (unpaired) electrons. The van der Waals surface area contributed by atoms with E-state index in [1.807, 2.05) is 11.8 Å². The number of thiol groups is 4. The van der Waals surface area contributed by atoms with Crippen molar-refractivity contribution in [3.8, 4) is 0 Å². The lowest BCUT2D eigenvalue weighted by atomic mass is 10.1. The molecular formula is C10H12S5. The summed E-state index contributed by atoms with van der Waals surface area (Å²) in [5, 5.41) is 0.559. The molecule has 0 amide bonds. The molecule has 1 aliphatic heterocycles. The van der Waals surface area contributed by atoms with Gasteiger partial charge in [-0.25, -0.2) is 0 Å². The third kappa shape index (κ3) is 2.46. The third-order valence-electron chi connectivity index (χ3n) is 2.53. The smallest absolute Gasteiger partial charge is 0.0322 e. The second-order valence-electron chi connectivity index (χ2n) is 3.53. The standard InChI is InChI=1S/C10H12S5/c11-6-4-5(7-2-1-3-15-7)8(12)10(14)9(6)13/h4,7,11-14H,1-3H2. The van der Waals surface area contributed by atoms with Crippen LogP contribution >= 0.6 is 62.3 Å². The molecule has 0 saturated carbocycles. The molecule has 0 aromatic heterocycles. The molecule has 1 unspecified atom stereocenters. The van der Waals surface area contributed by atoms with Gasteiger partial charge in [0.1, 0.15) is 0 Å². The molecule has 0 bridgehead atoms. The Balaban J connectivity index is 2.47. The molecule has 5 heteroatoms. The van der Waals surface area contributed by atoms with E-state index in [0.29, 0.717) is 5.25 Å². The summed E-state index contributed by atoms with van der Waals surface area (Å²) in [7, 11) is 0. The van der Waals surface area contributed by atoms with E-state index in [0.717, 1.165) is 19.6 Å². The van der Waals surface area contributed by atoms with Crippen LogP contribution in [0.4, 0.5) is 0 Å². The van der Waals surface area contributed by atoms with Crippen LogP contribution in [0.25, 0.3) is 0 Å². The van der Waals surface area contributed by atoms with Crippen LogP contribution in [-0.2, 0) is 0 Å². The van der Waals surface area contributed by atoms with Crippen LogP contribution in [0.3, 0.4) is 0 Å². The number of rotatable bonds is 1. The first-order chi connectivity index (χ1) is 7.11. The van der Waals surface area contributed by atoms with Gasteiger partial charge in [0.25, 0.3) is 0 Å². The van der Waals surface area contributed by atoms with Crippen molar-refractivity contribution >= 4 is 62.3 Å². The Bertz CT molecular complexity index is 382. The summed E-state index contributed by atoms with van der Waals surface area (Å²) in [4.78, 5) is 3.51. The Morgan fingerprint density at radius 3 is 2.40 bits per heavy atom. The molecule has 1 aromatic carbocycles. The Hall–Kier alpha value is 0.970. The lowest BCUT2D eigenvalue weighted by molar-refractivity contribution is 0.800. The van der Waals surface area contributed by atoms with E-state index in [2.05, 4.69) is 56.6 Å². The maximum absolute atomic E-state index is 4.53. The highest BCUT2D eigenvalue weighted by Crippen LogP contribution is 2.45. The first-order valence-electron chi connectivity index (χ1n) is 4.69. The fraction of sp³-hybridized carbons (Fsp3) is 0.400. The minimum Gasteiger partial charge on any atom is -0.154 e. The van der Waals surface area contributed by atoms with Gasteiger partial charge in [0.2, 0.25) is 0 Å². The summed E-state index contributed by atoms with van der Waals surface area (Å²) < 4.78 is 0. The van der Waals surface area contributed by atoms with Gasteiger partial charge in [-0.3, -0.25) is 0 Å². The third-order valence-corrected chi connectivity index (χ3v) is 6.23. The number of benzene rings is 1. The fourth-order valence-corrected chi connectivity index (χ4v) is 4.31. The summed E-state index contributed by atoms with van der Waals surface area (Å²) in [5.41, 5.74) is 1.26. The van der Waals surface area contributed by atoms with Gasteiger partial charge in [0.05, 0.1) is 0 Å². The highest BCUT2D eigenvalue weighted by atomic mass is 32.2.